The van der Waals surface area contributed by atoms with Crippen LogP contribution in [0.1, 0.15) is 25.6 Å². The molecule has 0 aliphatic carbocycles. The van der Waals surface area contributed by atoms with Crippen molar-refractivity contribution in [3.8, 4) is 0 Å². The highest BCUT2D eigenvalue weighted by Crippen LogP contribution is 1.99. The third-order valence-electron chi connectivity index (χ3n) is 2.03. The van der Waals surface area contributed by atoms with Gasteiger partial charge in [0, 0.05) is 20.0 Å². The first-order chi connectivity index (χ1) is 7.49. The Morgan fingerprint density at radius 2 is 2.00 bits per heavy atom. The van der Waals surface area contributed by atoms with Gasteiger partial charge in [-0.05, 0) is 0 Å². The van der Waals surface area contributed by atoms with E-state index in [1.54, 1.807) is 20.8 Å². The highest BCUT2D eigenvalue weighted by Gasteiger charge is 2.18. The third-order valence-corrected chi connectivity index (χ3v) is 3.73. The molecular formula is C8H16N4O3S. The molecule has 1 N–H and O–H groups in total. The van der Waals surface area contributed by atoms with E-state index in [0.29, 0.717) is 24.8 Å². The number of aromatic nitrogens is 2. The largest absolute Gasteiger partial charge is 0.340 e. The van der Waals surface area contributed by atoms with Crippen LogP contribution in [0.2, 0.25) is 0 Å². The van der Waals surface area contributed by atoms with Crippen LogP contribution in [0, 0.1) is 6.92 Å². The molecule has 16 heavy (non-hydrogen) atoms. The fourth-order valence-corrected chi connectivity index (χ4v) is 2.40. The molecule has 1 aromatic heterocycles. The van der Waals surface area contributed by atoms with Crippen LogP contribution in [-0.4, -0.2) is 36.0 Å². The molecule has 0 saturated carbocycles. The van der Waals surface area contributed by atoms with E-state index in [-0.39, 0.29) is 6.54 Å². The molecule has 0 amide bonds. The van der Waals surface area contributed by atoms with Gasteiger partial charge in [-0.15, -0.1) is 0 Å². The predicted molar refractivity (Wildman–Crippen MR) is 57.7 cm³/mol. The molecule has 1 aromatic rings. The molecule has 8 heteroatoms. The van der Waals surface area contributed by atoms with Gasteiger partial charge in [-0.25, -0.2) is 0 Å². The Bertz CT molecular complexity index is 424. The zero-order valence-electron chi connectivity index (χ0n) is 9.60. The van der Waals surface area contributed by atoms with E-state index in [1.165, 1.54) is 4.31 Å². The topological polar surface area (TPSA) is 88.3 Å². The smallest absolute Gasteiger partial charge is 0.279 e. The SMILES string of the molecule is CCN(CC)S(=O)(=O)NCc1noc(C)n1. The number of hydrogen-bond donors (Lipinski definition) is 1. The lowest BCUT2D eigenvalue weighted by atomic mass is 10.6. The normalized spacial score (nSPS) is 12.2. The van der Waals surface area contributed by atoms with Crippen molar-refractivity contribution >= 4 is 10.2 Å². The van der Waals surface area contributed by atoms with Crippen molar-refractivity contribution in [3.63, 3.8) is 0 Å². The van der Waals surface area contributed by atoms with Crippen LogP contribution < -0.4 is 4.72 Å². The molecule has 0 bridgehead atoms. The van der Waals surface area contributed by atoms with Crippen molar-refractivity contribution in [3.05, 3.63) is 11.7 Å². The van der Waals surface area contributed by atoms with Crippen LogP contribution in [0.5, 0.6) is 0 Å². The van der Waals surface area contributed by atoms with Crippen molar-refractivity contribution in [1.82, 2.24) is 19.2 Å². The Morgan fingerprint density at radius 1 is 1.38 bits per heavy atom. The fourth-order valence-electron chi connectivity index (χ4n) is 1.22. The summed E-state index contributed by atoms with van der Waals surface area (Å²) < 4.78 is 31.9. The molecule has 0 spiro atoms. The summed E-state index contributed by atoms with van der Waals surface area (Å²) in [6, 6.07) is 0. The van der Waals surface area contributed by atoms with Crippen molar-refractivity contribution in [2.75, 3.05) is 13.1 Å². The van der Waals surface area contributed by atoms with Crippen molar-refractivity contribution in [2.45, 2.75) is 27.3 Å². The number of hydrogen-bond acceptors (Lipinski definition) is 5. The molecule has 1 heterocycles. The fraction of sp³-hybridized carbons (Fsp3) is 0.750. The first kappa shape index (κ1) is 13.1. The van der Waals surface area contributed by atoms with Gasteiger partial charge < -0.3 is 4.52 Å². The number of nitrogens with zero attached hydrogens (tertiary/aromatic N) is 3. The maximum atomic E-state index is 11.7. The molecule has 0 saturated heterocycles. The minimum Gasteiger partial charge on any atom is -0.340 e. The summed E-state index contributed by atoms with van der Waals surface area (Å²) in [5.41, 5.74) is 0. The second-order valence-electron chi connectivity index (χ2n) is 3.14. The summed E-state index contributed by atoms with van der Waals surface area (Å²) in [6.45, 7) is 6.10. The summed E-state index contributed by atoms with van der Waals surface area (Å²) >= 11 is 0. The molecule has 92 valence electrons. The number of rotatable bonds is 6. The summed E-state index contributed by atoms with van der Waals surface area (Å²) in [4.78, 5) is 3.90. The van der Waals surface area contributed by atoms with Crippen molar-refractivity contribution < 1.29 is 12.9 Å². The molecule has 0 aliphatic rings. The summed E-state index contributed by atoms with van der Waals surface area (Å²) in [7, 11) is -3.45. The Labute approximate surface area is 95.0 Å². The van der Waals surface area contributed by atoms with Crippen LogP contribution >= 0.6 is 0 Å². The molecule has 1 rings (SSSR count). The summed E-state index contributed by atoms with van der Waals surface area (Å²) in [5.74, 6) is 0.741. The van der Waals surface area contributed by atoms with Gasteiger partial charge in [-0.1, -0.05) is 19.0 Å². The lowest BCUT2D eigenvalue weighted by molar-refractivity contribution is 0.386. The lowest BCUT2D eigenvalue weighted by Crippen LogP contribution is -2.40. The van der Waals surface area contributed by atoms with Gasteiger partial charge in [0.05, 0.1) is 6.54 Å². The molecule has 0 atom stereocenters. The highest BCUT2D eigenvalue weighted by atomic mass is 32.2. The van der Waals surface area contributed by atoms with E-state index < -0.39 is 10.2 Å². The first-order valence-electron chi connectivity index (χ1n) is 5.03. The van der Waals surface area contributed by atoms with Crippen molar-refractivity contribution in [1.29, 1.82) is 0 Å². The van der Waals surface area contributed by atoms with Gasteiger partial charge in [0.25, 0.3) is 10.2 Å². The molecule has 0 radical (unpaired) electrons. The summed E-state index contributed by atoms with van der Waals surface area (Å²) in [5, 5.41) is 3.60. The van der Waals surface area contributed by atoms with Crippen LogP contribution in [0.15, 0.2) is 4.52 Å². The first-order valence-corrected chi connectivity index (χ1v) is 6.47. The minimum absolute atomic E-state index is 0.0379. The zero-order chi connectivity index (χ0) is 12.2. The van der Waals surface area contributed by atoms with Gasteiger partial charge in [-0.3, -0.25) is 0 Å². The van der Waals surface area contributed by atoms with Crippen molar-refractivity contribution in [2.24, 2.45) is 0 Å². The zero-order valence-corrected chi connectivity index (χ0v) is 10.4. The van der Waals surface area contributed by atoms with Gasteiger partial charge in [-0.2, -0.15) is 22.4 Å². The molecule has 0 aliphatic heterocycles. The second kappa shape index (κ2) is 5.37. The average Bonchev–Trinajstić information content (AvgIpc) is 2.63. The molecule has 7 nitrogen and oxygen atoms in total. The van der Waals surface area contributed by atoms with Crippen LogP contribution in [0.25, 0.3) is 0 Å². The standard InChI is InChI=1S/C8H16N4O3S/c1-4-12(5-2)16(13,14)9-6-8-10-7(3)15-11-8/h9H,4-6H2,1-3H3. The number of nitrogens with one attached hydrogen (secondary N) is 1. The predicted octanol–water partition coefficient (Wildman–Crippen LogP) is 0.0542. The Morgan fingerprint density at radius 3 is 2.44 bits per heavy atom. The van der Waals surface area contributed by atoms with Crippen LogP contribution in [0.3, 0.4) is 0 Å². The van der Waals surface area contributed by atoms with Crippen LogP contribution in [-0.2, 0) is 16.8 Å². The molecule has 0 aromatic carbocycles. The maximum Gasteiger partial charge on any atom is 0.279 e. The van der Waals surface area contributed by atoms with Gasteiger partial charge in [0.2, 0.25) is 5.89 Å². The molecular weight excluding hydrogens is 232 g/mol. The quantitative estimate of drug-likeness (QED) is 0.768. The van der Waals surface area contributed by atoms with E-state index in [0.717, 1.165) is 0 Å². The van der Waals surface area contributed by atoms with E-state index in [4.69, 9.17) is 4.52 Å². The van der Waals surface area contributed by atoms with Gasteiger partial charge in [0.1, 0.15) is 0 Å². The van der Waals surface area contributed by atoms with Gasteiger partial charge >= 0.3 is 0 Å². The summed E-state index contributed by atoms with van der Waals surface area (Å²) in [6.07, 6.45) is 0. The third kappa shape index (κ3) is 3.26. The molecule has 0 unspecified atom stereocenters. The Kier molecular flexibility index (Phi) is 4.39. The second-order valence-corrected chi connectivity index (χ2v) is 4.90. The molecule has 0 fully saturated rings. The highest BCUT2D eigenvalue weighted by molar-refractivity contribution is 7.87. The number of aryl methyl sites for hydroxylation is 1. The minimum atomic E-state index is -3.45. The average molecular weight is 248 g/mol. The van der Waals surface area contributed by atoms with E-state index >= 15 is 0 Å². The van der Waals surface area contributed by atoms with Gasteiger partial charge in [0.15, 0.2) is 5.82 Å². The van der Waals surface area contributed by atoms with E-state index in [1.807, 2.05) is 0 Å². The monoisotopic (exact) mass is 248 g/mol. The Hall–Kier alpha value is -0.990. The maximum absolute atomic E-state index is 11.7. The van der Waals surface area contributed by atoms with E-state index in [9.17, 15) is 8.42 Å². The Balaban J connectivity index is 2.60. The van der Waals surface area contributed by atoms with Crippen LogP contribution in [0.4, 0.5) is 0 Å². The van der Waals surface area contributed by atoms with E-state index in [2.05, 4.69) is 14.9 Å². The lowest BCUT2D eigenvalue weighted by Gasteiger charge is -2.17.